The van der Waals surface area contributed by atoms with E-state index in [4.69, 9.17) is 9.84 Å². The molecular weight excluding hydrogens is 258 g/mol. The van der Waals surface area contributed by atoms with Crippen LogP contribution in [0, 0.1) is 0 Å². The number of carbonyl (C=O) groups is 1. The van der Waals surface area contributed by atoms with Crippen LogP contribution in [0.2, 0.25) is 0 Å². The Morgan fingerprint density at radius 2 is 2.10 bits per heavy atom. The number of nitrogens with zero attached hydrogens (tertiary/aromatic N) is 3. The number of aromatic nitrogens is 3. The zero-order chi connectivity index (χ0) is 14.4. The van der Waals surface area contributed by atoms with E-state index in [0.29, 0.717) is 13.2 Å². The van der Waals surface area contributed by atoms with Crippen LogP contribution in [0.15, 0.2) is 30.5 Å². The quantitative estimate of drug-likeness (QED) is 0.836. The molecule has 106 valence electrons. The van der Waals surface area contributed by atoms with Crippen LogP contribution in [0.3, 0.4) is 0 Å². The lowest BCUT2D eigenvalue weighted by Crippen LogP contribution is -2.08. The molecule has 0 unspecified atom stereocenters. The predicted octanol–water partition coefficient (Wildman–Crippen LogP) is 2.01. The van der Waals surface area contributed by atoms with Crippen LogP contribution in [-0.2, 0) is 13.0 Å². The number of ether oxygens (including phenoxy) is 1. The number of rotatable bonds is 7. The topological polar surface area (TPSA) is 77.2 Å². The van der Waals surface area contributed by atoms with Crippen molar-refractivity contribution in [3.63, 3.8) is 0 Å². The van der Waals surface area contributed by atoms with Crippen molar-refractivity contribution in [3.8, 4) is 5.75 Å². The Kier molecular flexibility index (Phi) is 4.70. The van der Waals surface area contributed by atoms with E-state index in [2.05, 4.69) is 29.4 Å². The summed E-state index contributed by atoms with van der Waals surface area (Å²) in [6.07, 6.45) is 3.58. The standard InChI is InChI=1S/C14H17N3O3/c1-2-3-11-4-6-12(7-5-11)20-9-8-17-10-13(14(18)19)15-16-17/h4-7,10H,2-3,8-9H2,1H3,(H,18,19). The molecule has 0 saturated heterocycles. The maximum atomic E-state index is 10.6. The molecule has 0 fully saturated rings. The first kappa shape index (κ1) is 14.0. The lowest BCUT2D eigenvalue weighted by molar-refractivity contribution is 0.0690. The Morgan fingerprint density at radius 3 is 2.70 bits per heavy atom. The lowest BCUT2D eigenvalue weighted by Gasteiger charge is -2.06. The second kappa shape index (κ2) is 6.70. The largest absolute Gasteiger partial charge is 0.492 e. The van der Waals surface area contributed by atoms with Gasteiger partial charge in [-0.25, -0.2) is 9.48 Å². The van der Waals surface area contributed by atoms with E-state index in [9.17, 15) is 4.79 Å². The van der Waals surface area contributed by atoms with Gasteiger partial charge in [-0.05, 0) is 24.1 Å². The summed E-state index contributed by atoms with van der Waals surface area (Å²) >= 11 is 0. The SMILES string of the molecule is CCCc1ccc(OCCn2cc(C(=O)O)nn2)cc1. The number of aryl methyl sites for hydroxylation is 1. The fourth-order valence-corrected chi connectivity index (χ4v) is 1.80. The van der Waals surface area contributed by atoms with E-state index in [1.165, 1.54) is 16.4 Å². The van der Waals surface area contributed by atoms with Crippen molar-refractivity contribution in [2.24, 2.45) is 0 Å². The highest BCUT2D eigenvalue weighted by atomic mass is 16.5. The Hall–Kier alpha value is -2.37. The van der Waals surface area contributed by atoms with Gasteiger partial charge < -0.3 is 9.84 Å². The lowest BCUT2D eigenvalue weighted by atomic mass is 10.1. The molecule has 6 nitrogen and oxygen atoms in total. The molecule has 0 aliphatic heterocycles. The molecule has 2 aromatic rings. The van der Waals surface area contributed by atoms with Gasteiger partial charge in [0.1, 0.15) is 12.4 Å². The first-order valence-corrected chi connectivity index (χ1v) is 6.54. The van der Waals surface area contributed by atoms with Gasteiger partial charge in [-0.15, -0.1) is 5.10 Å². The Morgan fingerprint density at radius 1 is 1.35 bits per heavy atom. The van der Waals surface area contributed by atoms with E-state index in [-0.39, 0.29) is 5.69 Å². The molecule has 1 aromatic heterocycles. The summed E-state index contributed by atoms with van der Waals surface area (Å²) in [6, 6.07) is 7.98. The summed E-state index contributed by atoms with van der Waals surface area (Å²) in [4.78, 5) is 10.6. The summed E-state index contributed by atoms with van der Waals surface area (Å²) in [7, 11) is 0. The number of carboxylic acids is 1. The van der Waals surface area contributed by atoms with Crippen LogP contribution in [0.5, 0.6) is 5.75 Å². The molecule has 20 heavy (non-hydrogen) atoms. The highest BCUT2D eigenvalue weighted by Crippen LogP contribution is 2.13. The second-order valence-corrected chi connectivity index (χ2v) is 4.41. The van der Waals surface area contributed by atoms with Crippen molar-refractivity contribution in [1.82, 2.24) is 15.0 Å². The third-order valence-electron chi connectivity index (χ3n) is 2.81. The summed E-state index contributed by atoms with van der Waals surface area (Å²) in [5.74, 6) is -0.285. The molecule has 0 spiro atoms. The molecule has 0 radical (unpaired) electrons. The fourth-order valence-electron chi connectivity index (χ4n) is 1.80. The number of hydrogen-bond acceptors (Lipinski definition) is 4. The molecule has 1 N–H and O–H groups in total. The minimum absolute atomic E-state index is 0.0612. The van der Waals surface area contributed by atoms with Crippen molar-refractivity contribution in [2.45, 2.75) is 26.3 Å². The summed E-state index contributed by atoms with van der Waals surface area (Å²) < 4.78 is 7.03. The monoisotopic (exact) mass is 275 g/mol. The third-order valence-corrected chi connectivity index (χ3v) is 2.81. The number of aromatic carboxylic acids is 1. The number of hydrogen-bond donors (Lipinski definition) is 1. The maximum absolute atomic E-state index is 10.6. The van der Waals surface area contributed by atoms with Crippen molar-refractivity contribution < 1.29 is 14.6 Å². The summed E-state index contributed by atoms with van der Waals surface area (Å²) in [5.41, 5.74) is 1.23. The molecule has 1 aromatic carbocycles. The van der Waals surface area contributed by atoms with Crippen molar-refractivity contribution in [1.29, 1.82) is 0 Å². The highest BCUT2D eigenvalue weighted by molar-refractivity contribution is 5.84. The molecule has 6 heteroatoms. The average molecular weight is 275 g/mol. The van der Waals surface area contributed by atoms with Crippen molar-refractivity contribution in [2.75, 3.05) is 6.61 Å². The van der Waals surface area contributed by atoms with Gasteiger partial charge in [0.05, 0.1) is 12.7 Å². The second-order valence-electron chi connectivity index (χ2n) is 4.41. The first-order valence-electron chi connectivity index (χ1n) is 6.54. The van der Waals surface area contributed by atoms with Gasteiger partial charge in [-0.2, -0.15) is 0 Å². The third kappa shape index (κ3) is 3.81. The van der Waals surface area contributed by atoms with E-state index in [0.717, 1.165) is 18.6 Å². The van der Waals surface area contributed by atoms with Crippen LogP contribution in [0.25, 0.3) is 0 Å². The average Bonchev–Trinajstić information content (AvgIpc) is 2.90. The van der Waals surface area contributed by atoms with E-state index in [1.807, 2.05) is 12.1 Å². The highest BCUT2D eigenvalue weighted by Gasteiger charge is 2.07. The van der Waals surface area contributed by atoms with Crippen LogP contribution in [0.1, 0.15) is 29.4 Å². The molecule has 0 bridgehead atoms. The van der Waals surface area contributed by atoms with Gasteiger partial charge in [-0.3, -0.25) is 0 Å². The zero-order valence-corrected chi connectivity index (χ0v) is 11.3. The predicted molar refractivity (Wildman–Crippen MR) is 72.9 cm³/mol. The molecule has 0 aliphatic rings. The van der Waals surface area contributed by atoms with Crippen molar-refractivity contribution >= 4 is 5.97 Å². The van der Waals surface area contributed by atoms with E-state index in [1.54, 1.807) is 0 Å². The van der Waals surface area contributed by atoms with Crippen molar-refractivity contribution in [3.05, 3.63) is 41.7 Å². The first-order chi connectivity index (χ1) is 9.69. The van der Waals surface area contributed by atoms with Crippen LogP contribution >= 0.6 is 0 Å². The van der Waals surface area contributed by atoms with E-state index < -0.39 is 5.97 Å². The van der Waals surface area contributed by atoms with Crippen LogP contribution < -0.4 is 4.74 Å². The van der Waals surface area contributed by atoms with Gasteiger partial charge in [0, 0.05) is 0 Å². The normalized spacial score (nSPS) is 10.4. The van der Waals surface area contributed by atoms with Crippen LogP contribution in [0.4, 0.5) is 0 Å². The number of benzene rings is 1. The molecule has 0 saturated carbocycles. The molecule has 0 aliphatic carbocycles. The Bertz CT molecular complexity index is 563. The minimum atomic E-state index is -1.08. The summed E-state index contributed by atoms with van der Waals surface area (Å²) in [5, 5.41) is 16.0. The zero-order valence-electron chi connectivity index (χ0n) is 11.3. The molecule has 1 heterocycles. The number of carboxylic acid groups (broad SMARTS) is 1. The minimum Gasteiger partial charge on any atom is -0.492 e. The van der Waals surface area contributed by atoms with E-state index >= 15 is 0 Å². The van der Waals surface area contributed by atoms with Crippen LogP contribution in [-0.4, -0.2) is 32.7 Å². The Balaban J connectivity index is 1.81. The smallest absolute Gasteiger partial charge is 0.358 e. The fraction of sp³-hybridized carbons (Fsp3) is 0.357. The van der Waals surface area contributed by atoms with Gasteiger partial charge in [-0.1, -0.05) is 30.7 Å². The maximum Gasteiger partial charge on any atom is 0.358 e. The molecular formula is C14H17N3O3. The van der Waals surface area contributed by atoms with Gasteiger partial charge in [0.2, 0.25) is 0 Å². The van der Waals surface area contributed by atoms with Gasteiger partial charge >= 0.3 is 5.97 Å². The Labute approximate surface area is 117 Å². The van der Waals surface area contributed by atoms with Gasteiger partial charge in [0.15, 0.2) is 5.69 Å². The van der Waals surface area contributed by atoms with Gasteiger partial charge in [0.25, 0.3) is 0 Å². The summed E-state index contributed by atoms with van der Waals surface area (Å²) in [6.45, 7) is 3.01. The molecule has 0 atom stereocenters. The molecule has 0 amide bonds. The molecule has 2 rings (SSSR count).